The van der Waals surface area contributed by atoms with Gasteiger partial charge in [-0.3, -0.25) is 0 Å². The second kappa shape index (κ2) is 9.06. The van der Waals surface area contributed by atoms with E-state index >= 15 is 0 Å². The van der Waals surface area contributed by atoms with Crippen LogP contribution >= 0.6 is 0 Å². The van der Waals surface area contributed by atoms with E-state index in [2.05, 4.69) is 30.3 Å². The third kappa shape index (κ3) is 4.02. The van der Waals surface area contributed by atoms with Gasteiger partial charge in [0.05, 0.1) is 12.3 Å². The van der Waals surface area contributed by atoms with Crippen LogP contribution in [0.25, 0.3) is 43.1 Å². The van der Waals surface area contributed by atoms with Crippen molar-refractivity contribution in [3.63, 3.8) is 0 Å². The minimum atomic E-state index is -1.17. The Morgan fingerprint density at radius 1 is 0.600 bits per heavy atom. The van der Waals surface area contributed by atoms with Crippen LogP contribution in [-0.2, 0) is 4.79 Å². The van der Waals surface area contributed by atoms with E-state index in [1.165, 1.54) is 0 Å². The molecule has 0 aromatic heterocycles. The molecule has 0 unspecified atom stereocenters. The van der Waals surface area contributed by atoms with Gasteiger partial charge in [0, 0.05) is 0 Å². The predicted molar refractivity (Wildman–Crippen MR) is 108 cm³/mol. The Kier molecular flexibility index (Phi) is 7.16. The van der Waals surface area contributed by atoms with Gasteiger partial charge in [-0.1, -0.05) is 23.6 Å². The molecule has 5 aromatic carbocycles. The molecule has 0 saturated heterocycles. The van der Waals surface area contributed by atoms with Gasteiger partial charge in [0.2, 0.25) is 0 Å². The molecule has 0 bridgehead atoms. The van der Waals surface area contributed by atoms with E-state index in [0.29, 0.717) is 5.56 Å². The topological polar surface area (TPSA) is 87.2 Å². The van der Waals surface area contributed by atoms with E-state index in [9.17, 15) is 14.7 Å². The van der Waals surface area contributed by atoms with Crippen molar-refractivity contribution in [2.24, 2.45) is 0 Å². The number of hydrogen-bond acceptors (Lipinski definition) is 4. The fourth-order valence-electron chi connectivity index (χ4n) is 3.69. The molecular weight excluding hydrogens is 366 g/mol. The van der Waals surface area contributed by atoms with E-state index < -0.39 is 5.97 Å². The van der Waals surface area contributed by atoms with Crippen LogP contribution in [0.4, 0.5) is 0 Å². The minimum absolute atomic E-state index is 0. The fourth-order valence-corrected chi connectivity index (χ4v) is 3.69. The Morgan fingerprint density at radius 3 is 1.47 bits per heavy atom. The van der Waals surface area contributed by atoms with E-state index in [1.807, 2.05) is 24.5 Å². The summed E-state index contributed by atoms with van der Waals surface area (Å²) in [6.45, 7) is 0. The van der Waals surface area contributed by atoms with Gasteiger partial charge in [0.25, 0.3) is 0 Å². The van der Waals surface area contributed by atoms with Crippen molar-refractivity contribution >= 4 is 55.3 Å². The summed E-state index contributed by atoms with van der Waals surface area (Å²) >= 11 is 0. The van der Waals surface area contributed by atoms with Gasteiger partial charge >= 0.3 is 37.7 Å². The summed E-state index contributed by atoms with van der Waals surface area (Å²) in [7, 11) is 0. The van der Waals surface area contributed by atoms with Gasteiger partial charge in [0.1, 0.15) is 0 Å². The second-order valence-electron chi connectivity index (χ2n) is 6.76. The number of carboxylic acid groups (broad SMARTS) is 1. The maximum atomic E-state index is 11.1. The number of aromatic carboxylic acids is 1. The summed E-state index contributed by atoms with van der Waals surface area (Å²) in [6.07, 6.45) is 1.93. The van der Waals surface area contributed by atoms with Crippen molar-refractivity contribution in [1.29, 1.82) is 0 Å². The monoisotopic (exact) mass is 379 g/mol. The Bertz CT molecular complexity index is 1430. The fraction of sp³-hybridized carbons (Fsp3) is 0. The van der Waals surface area contributed by atoms with Crippen molar-refractivity contribution in [3.05, 3.63) is 83.9 Å². The van der Waals surface area contributed by atoms with Crippen LogP contribution in [0.5, 0.6) is 0 Å². The van der Waals surface area contributed by atoms with Crippen LogP contribution in [0.2, 0.25) is 0 Å². The maximum Gasteiger partial charge on any atom is 1.00 e. The number of rotatable bonds is 2. The first kappa shape index (κ1) is 23.7. The van der Waals surface area contributed by atoms with Gasteiger partial charge in [-0.25, -0.2) is 0 Å². The van der Waals surface area contributed by atoms with Crippen molar-refractivity contribution in [2.75, 3.05) is 0 Å². The van der Waals surface area contributed by atoms with E-state index in [4.69, 9.17) is 0 Å². The zero-order valence-electron chi connectivity index (χ0n) is 16.6. The van der Waals surface area contributed by atoms with Gasteiger partial charge < -0.3 is 20.2 Å². The summed E-state index contributed by atoms with van der Waals surface area (Å²) in [5.74, 6) is -1.17. The number of carbonyl (C=O) groups excluding carboxylic acids is 2. The molecule has 0 aliphatic carbocycles. The van der Waals surface area contributed by atoms with Crippen molar-refractivity contribution < 1.29 is 57.9 Å². The van der Waals surface area contributed by atoms with Gasteiger partial charge in [0.15, 0.2) is 0 Å². The van der Waals surface area contributed by atoms with Gasteiger partial charge in [-0.05, 0) is 79.7 Å². The van der Waals surface area contributed by atoms with Crippen LogP contribution in [0.1, 0.15) is 15.9 Å². The molecule has 4 nitrogen and oxygen atoms in total. The molecule has 5 rings (SSSR count). The SMILES string of the molecule is O=[C-]c1ccc2cc3cc4cc5cc(C(=O)[O-])ccc5cc4cc3cc2c1.[Li+].[Li+].[OH-]. The molecule has 0 saturated carbocycles. The maximum absolute atomic E-state index is 11.1. The van der Waals surface area contributed by atoms with Crippen molar-refractivity contribution in [1.82, 2.24) is 0 Å². The first-order chi connectivity index (χ1) is 13.1. The summed E-state index contributed by atoms with van der Waals surface area (Å²) in [5.41, 5.74) is 0.716. The zero-order valence-corrected chi connectivity index (χ0v) is 16.6. The van der Waals surface area contributed by atoms with Crippen LogP contribution < -0.4 is 42.8 Å². The van der Waals surface area contributed by atoms with Crippen LogP contribution in [0.3, 0.4) is 0 Å². The Hall–Kier alpha value is -2.57. The summed E-state index contributed by atoms with van der Waals surface area (Å²) in [6, 6.07) is 23.0. The molecule has 0 radical (unpaired) electrons. The molecule has 0 aliphatic rings. The van der Waals surface area contributed by atoms with Gasteiger partial charge in [-0.2, -0.15) is 17.7 Å². The molecule has 1 N–H and O–H groups in total. The molecule has 0 atom stereocenters. The van der Waals surface area contributed by atoms with E-state index in [0.717, 1.165) is 43.1 Å². The zero-order chi connectivity index (χ0) is 18.5. The average Bonchev–Trinajstić information content (AvgIpc) is 2.68. The molecule has 30 heavy (non-hydrogen) atoms. The first-order valence-corrected chi connectivity index (χ1v) is 8.55. The third-order valence-electron chi connectivity index (χ3n) is 5.06. The van der Waals surface area contributed by atoms with Crippen LogP contribution in [-0.4, -0.2) is 17.7 Å². The Balaban J connectivity index is 0.00000107. The van der Waals surface area contributed by atoms with Crippen molar-refractivity contribution in [3.8, 4) is 0 Å². The molecule has 136 valence electrons. The summed E-state index contributed by atoms with van der Waals surface area (Å²) in [5, 5.41) is 19.3. The van der Waals surface area contributed by atoms with Crippen LogP contribution in [0, 0.1) is 0 Å². The minimum Gasteiger partial charge on any atom is -0.870 e. The largest absolute Gasteiger partial charge is 1.00 e. The first-order valence-electron chi connectivity index (χ1n) is 8.55. The molecule has 0 heterocycles. The Morgan fingerprint density at radius 2 is 1.00 bits per heavy atom. The molecule has 5 aromatic rings. The molecule has 0 amide bonds. The van der Waals surface area contributed by atoms with Crippen LogP contribution in [0.15, 0.2) is 72.8 Å². The Labute approximate surface area is 196 Å². The van der Waals surface area contributed by atoms with Gasteiger partial charge in [-0.15, -0.1) is 6.07 Å². The quantitative estimate of drug-likeness (QED) is 0.201. The number of benzene rings is 5. The second-order valence-corrected chi connectivity index (χ2v) is 6.76. The van der Waals surface area contributed by atoms with Crippen molar-refractivity contribution in [2.45, 2.75) is 0 Å². The normalized spacial score (nSPS) is 10.3. The molecule has 0 aliphatic heterocycles. The standard InChI is InChI=1S/C24H13O3.2Li.H2O/c25-13-14-1-2-15-6-20-12-23-10-19-8-17(24(26)27)4-3-16(19)7-21(23)11-22(20)9-18(15)5-14;;;/h1-12H,(H,26,27);;;1H2/q-1;2*+1;/p-2. The molecule has 0 spiro atoms. The molecule has 0 fully saturated rings. The average molecular weight is 379 g/mol. The summed E-state index contributed by atoms with van der Waals surface area (Å²) in [4.78, 5) is 22.0. The van der Waals surface area contributed by atoms with E-state index in [-0.39, 0.29) is 48.8 Å². The predicted octanol–water partition coefficient (Wildman–Crippen LogP) is -2.05. The number of hydrogen-bond donors (Lipinski definition) is 0. The number of fused-ring (bicyclic) bond motifs is 4. The molecular formula is C24H13Li2O4-. The smallest absolute Gasteiger partial charge is 0.870 e. The molecule has 6 heteroatoms. The third-order valence-corrected chi connectivity index (χ3v) is 5.06. The van der Waals surface area contributed by atoms with E-state index in [1.54, 1.807) is 24.3 Å². The number of carbonyl (C=O) groups is 1. The summed E-state index contributed by atoms with van der Waals surface area (Å²) < 4.78 is 0. The number of carboxylic acids is 1.